The number of methoxy groups -OCH3 is 1. The molecule has 0 saturated carbocycles. The molecular formula is C16H14Cl2N2O2. The van der Waals surface area contributed by atoms with Gasteiger partial charge in [0.1, 0.15) is 11.8 Å². The molecular weight excluding hydrogens is 323 g/mol. The topological polar surface area (TPSA) is 55.6 Å². The van der Waals surface area contributed by atoms with E-state index in [1.165, 1.54) is 0 Å². The van der Waals surface area contributed by atoms with Gasteiger partial charge in [0.05, 0.1) is 18.2 Å². The highest BCUT2D eigenvalue weighted by molar-refractivity contribution is 6.32. The average Bonchev–Trinajstić information content (AvgIpc) is 2.51. The van der Waals surface area contributed by atoms with Gasteiger partial charge >= 0.3 is 0 Å². The van der Waals surface area contributed by atoms with Crippen molar-refractivity contribution < 1.29 is 9.53 Å². The highest BCUT2D eigenvalue weighted by atomic mass is 35.5. The van der Waals surface area contributed by atoms with Crippen LogP contribution in [0.5, 0.6) is 5.75 Å². The highest BCUT2D eigenvalue weighted by Gasteiger charge is 2.46. The van der Waals surface area contributed by atoms with Crippen molar-refractivity contribution in [3.05, 3.63) is 58.1 Å². The Bertz CT molecular complexity index is 736. The lowest BCUT2D eigenvalue weighted by molar-refractivity contribution is -0.126. The molecule has 1 aliphatic rings. The Morgan fingerprint density at radius 3 is 2.59 bits per heavy atom. The summed E-state index contributed by atoms with van der Waals surface area (Å²) in [4.78, 5) is 13.8. The van der Waals surface area contributed by atoms with Crippen LogP contribution in [-0.4, -0.2) is 19.1 Å². The summed E-state index contributed by atoms with van der Waals surface area (Å²) in [5.74, 6) is 0.410. The number of β-lactam (4-membered cyclic amide) rings is 1. The van der Waals surface area contributed by atoms with Gasteiger partial charge in [-0.15, -0.1) is 0 Å². The van der Waals surface area contributed by atoms with Gasteiger partial charge in [-0.2, -0.15) is 0 Å². The molecule has 4 nitrogen and oxygen atoms in total. The molecule has 1 heterocycles. The fourth-order valence-corrected chi connectivity index (χ4v) is 3.10. The monoisotopic (exact) mass is 336 g/mol. The molecule has 1 amide bonds. The number of carbonyl (C=O) groups excluding carboxylic acids is 1. The molecule has 1 fully saturated rings. The van der Waals surface area contributed by atoms with Crippen LogP contribution in [0, 0.1) is 0 Å². The number of rotatable bonds is 3. The number of halogens is 2. The molecule has 0 aromatic heterocycles. The first-order chi connectivity index (χ1) is 10.5. The minimum absolute atomic E-state index is 0.147. The van der Waals surface area contributed by atoms with Crippen LogP contribution >= 0.6 is 23.2 Å². The van der Waals surface area contributed by atoms with Crippen LogP contribution in [0.1, 0.15) is 11.6 Å². The molecule has 0 radical (unpaired) electrons. The Hall–Kier alpha value is -1.75. The molecule has 2 aromatic rings. The summed E-state index contributed by atoms with van der Waals surface area (Å²) in [5.41, 5.74) is 7.56. The van der Waals surface area contributed by atoms with E-state index in [2.05, 4.69) is 0 Å². The Balaban J connectivity index is 1.98. The lowest BCUT2D eigenvalue weighted by atomic mass is 9.88. The van der Waals surface area contributed by atoms with E-state index in [-0.39, 0.29) is 11.9 Å². The number of nitrogens with two attached hydrogens (primary N) is 1. The van der Waals surface area contributed by atoms with Gasteiger partial charge < -0.3 is 15.4 Å². The molecule has 1 saturated heterocycles. The van der Waals surface area contributed by atoms with E-state index in [0.717, 1.165) is 5.56 Å². The van der Waals surface area contributed by atoms with E-state index in [1.807, 2.05) is 18.2 Å². The number of ether oxygens (including phenoxy) is 1. The fourth-order valence-electron chi connectivity index (χ4n) is 2.65. The van der Waals surface area contributed by atoms with Crippen molar-refractivity contribution in [2.45, 2.75) is 12.1 Å². The predicted molar refractivity (Wildman–Crippen MR) is 87.7 cm³/mol. The van der Waals surface area contributed by atoms with Gasteiger partial charge in [-0.3, -0.25) is 4.79 Å². The average molecular weight is 337 g/mol. The third-order valence-electron chi connectivity index (χ3n) is 3.74. The van der Waals surface area contributed by atoms with E-state index in [4.69, 9.17) is 33.7 Å². The lowest BCUT2D eigenvalue weighted by Crippen LogP contribution is -2.63. The van der Waals surface area contributed by atoms with E-state index >= 15 is 0 Å². The fraction of sp³-hybridized carbons (Fsp3) is 0.188. The molecule has 3 rings (SSSR count). The van der Waals surface area contributed by atoms with Crippen LogP contribution in [0.3, 0.4) is 0 Å². The third-order valence-corrected chi connectivity index (χ3v) is 4.28. The smallest absolute Gasteiger partial charge is 0.247 e. The maximum Gasteiger partial charge on any atom is 0.247 e. The van der Waals surface area contributed by atoms with Gasteiger partial charge in [-0.25, -0.2) is 0 Å². The molecule has 0 bridgehead atoms. The second kappa shape index (κ2) is 5.80. The second-order valence-electron chi connectivity index (χ2n) is 5.05. The highest BCUT2D eigenvalue weighted by Crippen LogP contribution is 2.40. The minimum Gasteiger partial charge on any atom is -0.495 e. The summed E-state index contributed by atoms with van der Waals surface area (Å²) in [5, 5.41) is 1.05. The van der Waals surface area contributed by atoms with Gasteiger partial charge in [0.2, 0.25) is 5.91 Å². The SMILES string of the molecule is COc1ccc(N2C(=O)[C@@H](N)[C@H]2c2cccc(Cl)c2)cc1Cl. The van der Waals surface area contributed by atoms with E-state index in [1.54, 1.807) is 36.3 Å². The van der Waals surface area contributed by atoms with Crippen LogP contribution in [-0.2, 0) is 4.79 Å². The molecule has 0 unspecified atom stereocenters. The zero-order chi connectivity index (χ0) is 15.9. The summed E-state index contributed by atoms with van der Waals surface area (Å²) in [7, 11) is 1.54. The number of benzene rings is 2. The minimum atomic E-state index is -0.584. The molecule has 2 N–H and O–H groups in total. The number of nitrogens with zero attached hydrogens (tertiary/aromatic N) is 1. The number of hydrogen-bond donors (Lipinski definition) is 1. The van der Waals surface area contributed by atoms with Crippen LogP contribution in [0.25, 0.3) is 0 Å². The molecule has 0 aliphatic carbocycles. The van der Waals surface area contributed by atoms with Crippen molar-refractivity contribution in [3.63, 3.8) is 0 Å². The molecule has 1 aliphatic heterocycles. The summed E-state index contributed by atoms with van der Waals surface area (Å²) in [6, 6.07) is 11.7. The normalized spacial score (nSPS) is 20.7. The number of amides is 1. The molecule has 22 heavy (non-hydrogen) atoms. The lowest BCUT2D eigenvalue weighted by Gasteiger charge is -2.45. The first-order valence-corrected chi connectivity index (χ1v) is 7.46. The van der Waals surface area contributed by atoms with Crippen molar-refractivity contribution in [1.82, 2.24) is 0 Å². The van der Waals surface area contributed by atoms with Crippen LogP contribution < -0.4 is 15.4 Å². The third kappa shape index (κ3) is 2.43. The van der Waals surface area contributed by atoms with Gasteiger partial charge in [0, 0.05) is 10.7 Å². The number of carbonyl (C=O) groups is 1. The summed E-state index contributed by atoms with van der Waals surface area (Å²) in [6.07, 6.45) is 0. The zero-order valence-electron chi connectivity index (χ0n) is 11.8. The Labute approximate surface area is 138 Å². The first-order valence-electron chi connectivity index (χ1n) is 6.70. The predicted octanol–water partition coefficient (Wildman–Crippen LogP) is 3.42. The molecule has 6 heteroatoms. The Morgan fingerprint density at radius 1 is 1.18 bits per heavy atom. The van der Waals surface area contributed by atoms with Gasteiger partial charge in [0.15, 0.2) is 0 Å². The molecule has 2 aromatic carbocycles. The Morgan fingerprint density at radius 2 is 1.95 bits per heavy atom. The Kier molecular flexibility index (Phi) is 4.00. The second-order valence-corrected chi connectivity index (χ2v) is 5.90. The number of anilines is 1. The number of hydrogen-bond acceptors (Lipinski definition) is 3. The van der Waals surface area contributed by atoms with Crippen molar-refractivity contribution in [1.29, 1.82) is 0 Å². The van der Waals surface area contributed by atoms with Crippen molar-refractivity contribution in [3.8, 4) is 5.75 Å². The standard InChI is InChI=1S/C16H14Cl2N2O2/c1-22-13-6-5-11(8-12(13)18)20-15(14(19)16(20)21)9-3-2-4-10(17)7-9/h2-8,14-15H,19H2,1H3/t14-,15+/m0/s1. The summed E-state index contributed by atoms with van der Waals surface area (Å²) < 4.78 is 5.13. The van der Waals surface area contributed by atoms with Crippen LogP contribution in [0.2, 0.25) is 10.0 Å². The summed E-state index contributed by atoms with van der Waals surface area (Å²) in [6.45, 7) is 0. The van der Waals surface area contributed by atoms with E-state index in [9.17, 15) is 4.79 Å². The van der Waals surface area contributed by atoms with Crippen molar-refractivity contribution in [2.75, 3.05) is 12.0 Å². The first kappa shape index (κ1) is 15.2. The van der Waals surface area contributed by atoms with Crippen molar-refractivity contribution >= 4 is 34.8 Å². The zero-order valence-corrected chi connectivity index (χ0v) is 13.3. The maximum atomic E-state index is 12.2. The van der Waals surface area contributed by atoms with Gasteiger partial charge in [0.25, 0.3) is 0 Å². The largest absolute Gasteiger partial charge is 0.495 e. The summed E-state index contributed by atoms with van der Waals surface area (Å²) >= 11 is 12.2. The molecule has 2 atom stereocenters. The van der Waals surface area contributed by atoms with Crippen molar-refractivity contribution in [2.24, 2.45) is 5.73 Å². The molecule has 114 valence electrons. The van der Waals surface area contributed by atoms with Gasteiger partial charge in [-0.05, 0) is 35.9 Å². The molecule has 0 spiro atoms. The van der Waals surface area contributed by atoms with Crippen LogP contribution in [0.15, 0.2) is 42.5 Å². The van der Waals surface area contributed by atoms with Gasteiger partial charge in [-0.1, -0.05) is 35.3 Å². The maximum absolute atomic E-state index is 12.2. The van der Waals surface area contributed by atoms with Crippen LogP contribution in [0.4, 0.5) is 5.69 Å². The van der Waals surface area contributed by atoms with E-state index in [0.29, 0.717) is 21.5 Å². The quantitative estimate of drug-likeness (QED) is 0.873. The van der Waals surface area contributed by atoms with E-state index < -0.39 is 6.04 Å².